The number of nitriles is 1. The van der Waals surface area contributed by atoms with E-state index in [4.69, 9.17) is 9.47 Å². The molecule has 0 bridgehead atoms. The van der Waals surface area contributed by atoms with Crippen LogP contribution in [-0.4, -0.2) is 18.5 Å². The lowest BCUT2D eigenvalue weighted by Crippen LogP contribution is -2.14. The van der Waals surface area contributed by atoms with E-state index in [2.05, 4.69) is 10.6 Å². The second-order valence-corrected chi connectivity index (χ2v) is 5.47. The lowest BCUT2D eigenvalue weighted by atomic mass is 10.1. The predicted molar refractivity (Wildman–Crippen MR) is 95.0 cm³/mol. The van der Waals surface area contributed by atoms with Crippen molar-refractivity contribution in [3.8, 4) is 17.6 Å². The Hall–Kier alpha value is -3.79. The van der Waals surface area contributed by atoms with Crippen molar-refractivity contribution in [2.24, 2.45) is 0 Å². The summed E-state index contributed by atoms with van der Waals surface area (Å²) in [7, 11) is 0. The van der Waals surface area contributed by atoms with Crippen molar-refractivity contribution in [2.45, 2.75) is 6.92 Å². The Morgan fingerprint density at radius 2 is 1.92 bits per heavy atom. The largest absolute Gasteiger partial charge is 0.454 e. The Kier molecular flexibility index (Phi) is 4.85. The van der Waals surface area contributed by atoms with Crippen molar-refractivity contribution in [2.75, 3.05) is 17.4 Å². The molecule has 0 aromatic heterocycles. The average molecular weight is 349 g/mol. The zero-order valence-corrected chi connectivity index (χ0v) is 13.9. The fourth-order valence-corrected chi connectivity index (χ4v) is 2.30. The normalized spacial score (nSPS) is 12.2. The Morgan fingerprint density at radius 1 is 1.12 bits per heavy atom. The quantitative estimate of drug-likeness (QED) is 0.489. The highest BCUT2D eigenvalue weighted by Gasteiger charge is 2.14. The van der Waals surface area contributed by atoms with Gasteiger partial charge in [-0.1, -0.05) is 12.1 Å². The van der Waals surface area contributed by atoms with Crippen molar-refractivity contribution in [1.29, 1.82) is 5.26 Å². The molecule has 0 saturated carbocycles. The van der Waals surface area contributed by atoms with E-state index in [0.29, 0.717) is 28.4 Å². The van der Waals surface area contributed by atoms with Gasteiger partial charge in [0.2, 0.25) is 6.79 Å². The van der Waals surface area contributed by atoms with Crippen LogP contribution in [0.5, 0.6) is 11.5 Å². The van der Waals surface area contributed by atoms with Crippen LogP contribution in [0.2, 0.25) is 0 Å². The molecule has 3 rings (SSSR count). The molecule has 2 aromatic carbocycles. The maximum absolute atomic E-state index is 12.3. The summed E-state index contributed by atoms with van der Waals surface area (Å²) in [6.45, 7) is 1.61. The summed E-state index contributed by atoms with van der Waals surface area (Å²) < 4.78 is 10.5. The van der Waals surface area contributed by atoms with Gasteiger partial charge in [-0.15, -0.1) is 0 Å². The first-order valence-electron chi connectivity index (χ1n) is 7.75. The first-order valence-corrected chi connectivity index (χ1v) is 7.75. The van der Waals surface area contributed by atoms with Crippen LogP contribution < -0.4 is 20.1 Å². The SMILES string of the molecule is CC(=O)c1cccc(NC(=O)/C(C#N)=C\Nc2ccc3c(c2)OCO3)c1. The minimum Gasteiger partial charge on any atom is -0.454 e. The van der Waals surface area contributed by atoms with E-state index in [0.717, 1.165) is 0 Å². The Labute approximate surface area is 149 Å². The number of ether oxygens (including phenoxy) is 2. The van der Waals surface area contributed by atoms with Crippen LogP contribution in [0.25, 0.3) is 0 Å². The summed E-state index contributed by atoms with van der Waals surface area (Å²) in [6.07, 6.45) is 1.31. The van der Waals surface area contributed by atoms with Gasteiger partial charge in [0.15, 0.2) is 17.3 Å². The number of nitrogens with zero attached hydrogens (tertiary/aromatic N) is 1. The topological polar surface area (TPSA) is 100 Å². The van der Waals surface area contributed by atoms with Crippen LogP contribution >= 0.6 is 0 Å². The van der Waals surface area contributed by atoms with E-state index in [1.165, 1.54) is 13.1 Å². The molecular formula is C19H15N3O4. The predicted octanol–water partition coefficient (Wildman–Crippen LogP) is 3.08. The summed E-state index contributed by atoms with van der Waals surface area (Å²) >= 11 is 0. The molecule has 1 amide bonds. The van der Waals surface area contributed by atoms with Crippen molar-refractivity contribution in [3.05, 3.63) is 59.8 Å². The van der Waals surface area contributed by atoms with Gasteiger partial charge >= 0.3 is 0 Å². The molecular weight excluding hydrogens is 334 g/mol. The molecule has 0 saturated heterocycles. The van der Waals surface area contributed by atoms with Crippen LogP contribution in [0.4, 0.5) is 11.4 Å². The van der Waals surface area contributed by atoms with E-state index in [9.17, 15) is 14.9 Å². The molecule has 2 aromatic rings. The number of nitrogens with one attached hydrogen (secondary N) is 2. The number of carbonyl (C=O) groups is 2. The number of benzene rings is 2. The maximum atomic E-state index is 12.3. The number of ketones is 1. The van der Waals surface area contributed by atoms with Crippen molar-refractivity contribution in [1.82, 2.24) is 0 Å². The van der Waals surface area contributed by atoms with Crippen LogP contribution in [-0.2, 0) is 4.79 Å². The third-order valence-corrected chi connectivity index (χ3v) is 3.65. The molecule has 0 atom stereocenters. The second kappa shape index (κ2) is 7.40. The van der Waals surface area contributed by atoms with Crippen LogP contribution in [0.15, 0.2) is 54.2 Å². The summed E-state index contributed by atoms with van der Waals surface area (Å²) in [5, 5.41) is 14.7. The highest BCUT2D eigenvalue weighted by molar-refractivity contribution is 6.07. The standard InChI is InChI=1S/C19H15N3O4/c1-12(23)13-3-2-4-16(7-13)22-19(24)14(9-20)10-21-15-5-6-17-18(8-15)26-11-25-17/h2-8,10,21H,11H2,1H3,(H,22,24)/b14-10-. The van der Waals surface area contributed by atoms with E-state index in [-0.39, 0.29) is 18.1 Å². The Bertz CT molecular complexity index is 944. The molecule has 0 aliphatic carbocycles. The zero-order valence-electron chi connectivity index (χ0n) is 13.9. The smallest absolute Gasteiger partial charge is 0.267 e. The molecule has 1 aliphatic rings. The molecule has 26 heavy (non-hydrogen) atoms. The number of fused-ring (bicyclic) bond motifs is 1. The third kappa shape index (κ3) is 3.82. The minimum atomic E-state index is -0.582. The maximum Gasteiger partial charge on any atom is 0.267 e. The Morgan fingerprint density at radius 3 is 2.69 bits per heavy atom. The van der Waals surface area contributed by atoms with Gasteiger partial charge in [0.1, 0.15) is 11.6 Å². The van der Waals surface area contributed by atoms with Gasteiger partial charge in [-0.2, -0.15) is 5.26 Å². The van der Waals surface area contributed by atoms with Crippen LogP contribution in [0.3, 0.4) is 0 Å². The summed E-state index contributed by atoms with van der Waals surface area (Å²) in [5.74, 6) is 0.540. The number of rotatable bonds is 5. The molecule has 0 fully saturated rings. The minimum absolute atomic E-state index is 0.110. The van der Waals surface area contributed by atoms with Gasteiger partial charge in [0.25, 0.3) is 5.91 Å². The number of anilines is 2. The molecule has 1 heterocycles. The number of Topliss-reactive ketones (excluding diaryl/α,β-unsaturated/α-hetero) is 1. The van der Waals surface area contributed by atoms with E-state index >= 15 is 0 Å². The highest BCUT2D eigenvalue weighted by Crippen LogP contribution is 2.34. The molecule has 0 unspecified atom stereocenters. The van der Waals surface area contributed by atoms with Crippen molar-refractivity contribution in [3.63, 3.8) is 0 Å². The molecule has 7 heteroatoms. The van der Waals surface area contributed by atoms with E-state index in [1.54, 1.807) is 42.5 Å². The average Bonchev–Trinajstić information content (AvgIpc) is 3.10. The summed E-state index contributed by atoms with van der Waals surface area (Å²) in [6, 6.07) is 13.5. The molecule has 7 nitrogen and oxygen atoms in total. The molecule has 2 N–H and O–H groups in total. The van der Waals surface area contributed by atoms with Crippen LogP contribution in [0.1, 0.15) is 17.3 Å². The molecule has 130 valence electrons. The van der Waals surface area contributed by atoms with Gasteiger partial charge in [0, 0.05) is 29.2 Å². The van der Waals surface area contributed by atoms with Gasteiger partial charge in [-0.05, 0) is 31.2 Å². The van der Waals surface area contributed by atoms with Gasteiger partial charge in [-0.25, -0.2) is 0 Å². The lowest BCUT2D eigenvalue weighted by molar-refractivity contribution is -0.112. The number of carbonyl (C=O) groups excluding carboxylic acids is 2. The third-order valence-electron chi connectivity index (χ3n) is 3.65. The van der Waals surface area contributed by atoms with Gasteiger partial charge < -0.3 is 20.1 Å². The van der Waals surface area contributed by atoms with Crippen molar-refractivity contribution < 1.29 is 19.1 Å². The number of hydrogen-bond acceptors (Lipinski definition) is 6. The molecule has 1 aliphatic heterocycles. The summed E-state index contributed by atoms with van der Waals surface area (Å²) in [5.41, 5.74) is 1.44. The first kappa shape index (κ1) is 17.0. The first-order chi connectivity index (χ1) is 12.6. The zero-order chi connectivity index (χ0) is 18.5. The lowest BCUT2D eigenvalue weighted by Gasteiger charge is -2.07. The molecule has 0 spiro atoms. The highest BCUT2D eigenvalue weighted by atomic mass is 16.7. The monoisotopic (exact) mass is 349 g/mol. The number of amides is 1. The summed E-state index contributed by atoms with van der Waals surface area (Å²) in [4.78, 5) is 23.7. The van der Waals surface area contributed by atoms with E-state index < -0.39 is 5.91 Å². The fraction of sp³-hybridized carbons (Fsp3) is 0.105. The second-order valence-electron chi connectivity index (χ2n) is 5.47. The number of hydrogen-bond donors (Lipinski definition) is 2. The van der Waals surface area contributed by atoms with Crippen LogP contribution in [0, 0.1) is 11.3 Å². The van der Waals surface area contributed by atoms with Gasteiger partial charge in [-0.3, -0.25) is 9.59 Å². The Balaban J connectivity index is 1.70. The van der Waals surface area contributed by atoms with E-state index in [1.807, 2.05) is 6.07 Å². The van der Waals surface area contributed by atoms with Crippen molar-refractivity contribution >= 4 is 23.1 Å². The van der Waals surface area contributed by atoms with Gasteiger partial charge in [0.05, 0.1) is 0 Å². The molecule has 0 radical (unpaired) electrons. The fourth-order valence-electron chi connectivity index (χ4n) is 2.30.